The first-order chi connectivity index (χ1) is 4.52. The standard InChI is InChI=1S/C6H9FN2S/c1-6(2,3)4-5(7)8-9-10-4/h1-3H3. The number of rotatable bonds is 0. The third-order valence-electron chi connectivity index (χ3n) is 1.13. The molecule has 0 fully saturated rings. The van der Waals surface area contributed by atoms with E-state index in [-0.39, 0.29) is 5.41 Å². The lowest BCUT2D eigenvalue weighted by atomic mass is 9.95. The van der Waals surface area contributed by atoms with Gasteiger partial charge in [-0.05, 0) is 11.5 Å². The Morgan fingerprint density at radius 2 is 2.00 bits per heavy atom. The molecule has 0 unspecified atom stereocenters. The summed E-state index contributed by atoms with van der Waals surface area (Å²) in [6.45, 7) is 5.81. The molecule has 1 aromatic heterocycles. The van der Waals surface area contributed by atoms with Crippen LogP contribution in [0.3, 0.4) is 0 Å². The molecule has 1 heterocycles. The normalized spacial score (nSPS) is 12.0. The van der Waals surface area contributed by atoms with Gasteiger partial charge in [0.25, 0.3) is 0 Å². The lowest BCUT2D eigenvalue weighted by Gasteiger charge is -2.13. The summed E-state index contributed by atoms with van der Waals surface area (Å²) in [7, 11) is 0. The van der Waals surface area contributed by atoms with E-state index < -0.39 is 5.95 Å². The van der Waals surface area contributed by atoms with Gasteiger partial charge in [-0.3, -0.25) is 0 Å². The summed E-state index contributed by atoms with van der Waals surface area (Å²) in [6, 6.07) is 0. The summed E-state index contributed by atoms with van der Waals surface area (Å²) in [5, 5.41) is 3.28. The predicted molar refractivity (Wildman–Crippen MR) is 38.6 cm³/mol. The minimum absolute atomic E-state index is 0.168. The molecule has 0 bridgehead atoms. The Morgan fingerprint density at radius 1 is 1.40 bits per heavy atom. The topological polar surface area (TPSA) is 25.8 Å². The quantitative estimate of drug-likeness (QED) is 0.580. The van der Waals surface area contributed by atoms with Crippen molar-refractivity contribution in [1.82, 2.24) is 9.59 Å². The SMILES string of the molecule is CC(C)(C)c1snnc1F. The summed E-state index contributed by atoms with van der Waals surface area (Å²) in [6.07, 6.45) is 0. The Balaban J connectivity index is 3.05. The van der Waals surface area contributed by atoms with Crippen molar-refractivity contribution in [3.63, 3.8) is 0 Å². The van der Waals surface area contributed by atoms with Crippen LogP contribution in [-0.2, 0) is 5.41 Å². The van der Waals surface area contributed by atoms with Crippen LogP contribution in [-0.4, -0.2) is 9.59 Å². The molecule has 0 radical (unpaired) electrons. The van der Waals surface area contributed by atoms with Crippen molar-refractivity contribution < 1.29 is 4.39 Å². The highest BCUT2D eigenvalue weighted by Gasteiger charge is 2.21. The van der Waals surface area contributed by atoms with Gasteiger partial charge in [-0.15, -0.1) is 5.10 Å². The van der Waals surface area contributed by atoms with Crippen LogP contribution >= 0.6 is 11.5 Å². The van der Waals surface area contributed by atoms with E-state index in [0.717, 1.165) is 11.5 Å². The lowest BCUT2D eigenvalue weighted by Crippen LogP contribution is -2.10. The van der Waals surface area contributed by atoms with Gasteiger partial charge in [0.15, 0.2) is 0 Å². The van der Waals surface area contributed by atoms with Crippen LogP contribution in [0, 0.1) is 5.95 Å². The fraction of sp³-hybridized carbons (Fsp3) is 0.667. The Bertz CT molecular complexity index is 226. The first-order valence-corrected chi connectivity index (χ1v) is 3.77. The molecule has 0 aliphatic heterocycles. The third-order valence-corrected chi connectivity index (χ3v) is 2.26. The molecule has 0 saturated heterocycles. The molecule has 0 amide bonds. The molecule has 2 nitrogen and oxygen atoms in total. The van der Waals surface area contributed by atoms with E-state index in [1.165, 1.54) is 0 Å². The van der Waals surface area contributed by atoms with Gasteiger partial charge in [-0.25, -0.2) is 0 Å². The zero-order valence-corrected chi connectivity index (χ0v) is 7.00. The summed E-state index contributed by atoms with van der Waals surface area (Å²) in [5.74, 6) is -0.433. The van der Waals surface area contributed by atoms with Crippen LogP contribution in [0.2, 0.25) is 0 Å². The molecule has 0 aliphatic rings. The van der Waals surface area contributed by atoms with Crippen molar-refractivity contribution in [3.05, 3.63) is 10.8 Å². The summed E-state index contributed by atoms with van der Waals surface area (Å²) in [5.41, 5.74) is -0.168. The predicted octanol–water partition coefficient (Wildman–Crippen LogP) is 1.97. The average molecular weight is 160 g/mol. The molecule has 4 heteroatoms. The summed E-state index contributed by atoms with van der Waals surface area (Å²) < 4.78 is 16.2. The number of hydrogen-bond acceptors (Lipinski definition) is 3. The first kappa shape index (κ1) is 7.60. The highest BCUT2D eigenvalue weighted by atomic mass is 32.1. The molecule has 1 rings (SSSR count). The monoisotopic (exact) mass is 160 g/mol. The van der Waals surface area contributed by atoms with Crippen molar-refractivity contribution >= 4 is 11.5 Å². The van der Waals surface area contributed by atoms with E-state index in [4.69, 9.17) is 0 Å². The van der Waals surface area contributed by atoms with Crippen LogP contribution in [0.4, 0.5) is 4.39 Å². The molecule has 0 saturated carbocycles. The van der Waals surface area contributed by atoms with E-state index >= 15 is 0 Å². The second kappa shape index (κ2) is 2.27. The maximum Gasteiger partial charge on any atom is 0.249 e. The summed E-state index contributed by atoms with van der Waals surface area (Å²) >= 11 is 1.12. The number of aromatic nitrogens is 2. The zero-order chi connectivity index (χ0) is 7.78. The van der Waals surface area contributed by atoms with Crippen LogP contribution in [0.5, 0.6) is 0 Å². The minimum Gasteiger partial charge on any atom is -0.182 e. The van der Waals surface area contributed by atoms with Crippen molar-refractivity contribution in [1.29, 1.82) is 0 Å². The van der Waals surface area contributed by atoms with Gasteiger partial charge in [0.2, 0.25) is 5.95 Å². The Morgan fingerprint density at radius 3 is 2.20 bits per heavy atom. The van der Waals surface area contributed by atoms with Crippen LogP contribution in [0.25, 0.3) is 0 Å². The maximum atomic E-state index is 12.7. The average Bonchev–Trinajstić information content (AvgIpc) is 2.11. The fourth-order valence-corrected chi connectivity index (χ4v) is 1.21. The van der Waals surface area contributed by atoms with E-state index in [1.807, 2.05) is 20.8 Å². The molecule has 0 spiro atoms. The second-order valence-corrected chi connectivity index (χ2v) is 3.90. The van der Waals surface area contributed by atoms with Crippen LogP contribution in [0.1, 0.15) is 25.6 Å². The van der Waals surface area contributed by atoms with Gasteiger partial charge in [0, 0.05) is 5.41 Å². The van der Waals surface area contributed by atoms with Gasteiger partial charge in [0.1, 0.15) is 0 Å². The molecule has 0 aromatic carbocycles. The molecular weight excluding hydrogens is 151 g/mol. The van der Waals surface area contributed by atoms with Gasteiger partial charge in [-0.1, -0.05) is 25.3 Å². The molecule has 0 N–H and O–H groups in total. The fourth-order valence-electron chi connectivity index (χ4n) is 0.627. The van der Waals surface area contributed by atoms with E-state index in [0.29, 0.717) is 4.88 Å². The van der Waals surface area contributed by atoms with E-state index in [9.17, 15) is 4.39 Å². The van der Waals surface area contributed by atoms with Gasteiger partial charge in [-0.2, -0.15) is 4.39 Å². The first-order valence-electron chi connectivity index (χ1n) is 3.00. The van der Waals surface area contributed by atoms with Gasteiger partial charge >= 0.3 is 0 Å². The number of halogens is 1. The number of hydrogen-bond donors (Lipinski definition) is 0. The van der Waals surface area contributed by atoms with Crippen molar-refractivity contribution in [3.8, 4) is 0 Å². The lowest BCUT2D eigenvalue weighted by molar-refractivity contribution is 0.511. The highest BCUT2D eigenvalue weighted by Crippen LogP contribution is 2.26. The van der Waals surface area contributed by atoms with Crippen LogP contribution < -0.4 is 0 Å². The molecule has 10 heavy (non-hydrogen) atoms. The maximum absolute atomic E-state index is 12.7. The van der Waals surface area contributed by atoms with Crippen molar-refractivity contribution in [2.75, 3.05) is 0 Å². The highest BCUT2D eigenvalue weighted by molar-refractivity contribution is 7.05. The summed E-state index contributed by atoms with van der Waals surface area (Å²) in [4.78, 5) is 0.618. The van der Waals surface area contributed by atoms with E-state index in [2.05, 4.69) is 9.59 Å². The Labute approximate surface area is 63.2 Å². The second-order valence-electron chi connectivity index (χ2n) is 3.14. The van der Waals surface area contributed by atoms with Crippen molar-refractivity contribution in [2.24, 2.45) is 0 Å². The molecule has 0 aliphatic carbocycles. The number of nitrogens with zero attached hydrogens (tertiary/aromatic N) is 2. The Hall–Kier alpha value is -0.510. The molecule has 56 valence electrons. The molecule has 1 aromatic rings. The molecular formula is C6H9FN2S. The van der Waals surface area contributed by atoms with Crippen LogP contribution in [0.15, 0.2) is 0 Å². The Kier molecular flexibility index (Phi) is 1.72. The largest absolute Gasteiger partial charge is 0.249 e. The van der Waals surface area contributed by atoms with E-state index in [1.54, 1.807) is 0 Å². The zero-order valence-electron chi connectivity index (χ0n) is 6.18. The van der Waals surface area contributed by atoms with Gasteiger partial charge in [0.05, 0.1) is 4.88 Å². The smallest absolute Gasteiger partial charge is 0.182 e. The third kappa shape index (κ3) is 1.31. The minimum atomic E-state index is -0.433. The molecule has 0 atom stereocenters. The van der Waals surface area contributed by atoms with Crippen molar-refractivity contribution in [2.45, 2.75) is 26.2 Å². The van der Waals surface area contributed by atoms with Gasteiger partial charge < -0.3 is 0 Å².